The van der Waals surface area contributed by atoms with Crippen LogP contribution in [0.15, 0.2) is 65.5 Å². The van der Waals surface area contributed by atoms with E-state index in [0.717, 1.165) is 5.56 Å². The van der Waals surface area contributed by atoms with Gasteiger partial charge < -0.3 is 0 Å². The van der Waals surface area contributed by atoms with Crippen LogP contribution in [0.2, 0.25) is 0 Å². The highest BCUT2D eigenvalue weighted by atomic mass is 16.1. The number of aromatic nitrogens is 4. The zero-order valence-corrected chi connectivity index (χ0v) is 12.6. The number of nitrogens with two attached hydrogens (primary N) is 1. The molecule has 0 radical (unpaired) electrons. The summed E-state index contributed by atoms with van der Waals surface area (Å²) in [7, 11) is 0. The molecule has 0 unspecified atom stereocenters. The third-order valence-corrected chi connectivity index (χ3v) is 3.79. The van der Waals surface area contributed by atoms with Crippen molar-refractivity contribution in [1.29, 1.82) is 0 Å². The van der Waals surface area contributed by atoms with Gasteiger partial charge in [0.1, 0.15) is 5.39 Å². The fourth-order valence-corrected chi connectivity index (χ4v) is 2.70. The van der Waals surface area contributed by atoms with Crippen LogP contribution in [0.3, 0.4) is 0 Å². The van der Waals surface area contributed by atoms with Crippen molar-refractivity contribution >= 4 is 17.0 Å². The van der Waals surface area contributed by atoms with Gasteiger partial charge in [-0.1, -0.05) is 48.5 Å². The number of nitrogen functional groups attached to an aromatic ring is 1. The first-order valence-electron chi connectivity index (χ1n) is 7.38. The molecule has 118 valence electrons. The monoisotopic (exact) mass is 318 g/mol. The van der Waals surface area contributed by atoms with Gasteiger partial charge in [-0.2, -0.15) is 10.1 Å². The lowest BCUT2D eigenvalue weighted by Gasteiger charge is -2.11. The second-order valence-corrected chi connectivity index (χ2v) is 5.22. The molecule has 4 aromatic rings. The van der Waals surface area contributed by atoms with Gasteiger partial charge in [-0.3, -0.25) is 15.3 Å². The van der Waals surface area contributed by atoms with Gasteiger partial charge >= 0.3 is 0 Å². The highest BCUT2D eigenvalue weighted by molar-refractivity contribution is 5.90. The second kappa shape index (κ2) is 5.64. The fraction of sp³-hybridized carbons (Fsp3) is 0. The quantitative estimate of drug-likeness (QED) is 0.396. The molecule has 2 heterocycles. The molecular weight excluding hydrogens is 304 g/mol. The van der Waals surface area contributed by atoms with Crippen molar-refractivity contribution in [2.24, 2.45) is 5.84 Å². The van der Waals surface area contributed by atoms with E-state index in [0.29, 0.717) is 22.4 Å². The Balaban J connectivity index is 2.07. The van der Waals surface area contributed by atoms with Gasteiger partial charge in [-0.15, -0.1) is 0 Å². The maximum Gasteiger partial charge on any atom is 0.271 e. The first-order chi connectivity index (χ1) is 11.8. The van der Waals surface area contributed by atoms with Crippen LogP contribution in [-0.2, 0) is 0 Å². The summed E-state index contributed by atoms with van der Waals surface area (Å²) in [5.74, 6) is 5.78. The average Bonchev–Trinajstić information content (AvgIpc) is 3.07. The molecule has 0 aliphatic carbocycles. The van der Waals surface area contributed by atoms with Gasteiger partial charge in [0.25, 0.3) is 5.56 Å². The van der Waals surface area contributed by atoms with Crippen LogP contribution in [0.25, 0.3) is 28.0 Å². The van der Waals surface area contributed by atoms with E-state index in [1.165, 1.54) is 4.57 Å². The molecule has 0 fully saturated rings. The zero-order chi connectivity index (χ0) is 16.5. The lowest BCUT2D eigenvalue weighted by molar-refractivity contribution is 0.951. The number of benzene rings is 2. The molecular formula is C17H14N6O. The summed E-state index contributed by atoms with van der Waals surface area (Å²) >= 11 is 0. The lowest BCUT2D eigenvalue weighted by Crippen LogP contribution is -2.25. The Labute approximate surface area is 136 Å². The maximum atomic E-state index is 13.1. The standard InChI is InChI=1S/C17H14N6O/c18-20-17-19-15-13(14(21-22-15)11-7-3-1-4-8-11)16(24)23(17)12-9-5-2-6-10-12/h1-10H,18H2,(H2,19,20,21,22). The molecule has 0 atom stereocenters. The number of fused-ring (bicyclic) bond motifs is 1. The molecule has 4 N–H and O–H groups in total. The second-order valence-electron chi connectivity index (χ2n) is 5.22. The van der Waals surface area contributed by atoms with E-state index in [2.05, 4.69) is 20.6 Å². The summed E-state index contributed by atoms with van der Waals surface area (Å²) < 4.78 is 1.43. The van der Waals surface area contributed by atoms with Crippen LogP contribution >= 0.6 is 0 Å². The molecule has 7 nitrogen and oxygen atoms in total. The van der Waals surface area contributed by atoms with Crippen LogP contribution in [0.5, 0.6) is 0 Å². The predicted molar refractivity (Wildman–Crippen MR) is 92.7 cm³/mol. The highest BCUT2D eigenvalue weighted by Gasteiger charge is 2.18. The number of anilines is 1. The molecule has 0 bridgehead atoms. The van der Waals surface area contributed by atoms with E-state index >= 15 is 0 Å². The van der Waals surface area contributed by atoms with E-state index in [4.69, 9.17) is 5.84 Å². The van der Waals surface area contributed by atoms with Gasteiger partial charge in [-0.05, 0) is 12.1 Å². The number of H-pyrrole nitrogens is 1. The van der Waals surface area contributed by atoms with Crippen molar-refractivity contribution in [3.8, 4) is 16.9 Å². The first kappa shape index (κ1) is 14.2. The van der Waals surface area contributed by atoms with E-state index in [1.807, 2.05) is 60.7 Å². The largest absolute Gasteiger partial charge is 0.293 e. The van der Waals surface area contributed by atoms with Gasteiger partial charge in [0.05, 0.1) is 11.4 Å². The van der Waals surface area contributed by atoms with Crippen LogP contribution < -0.4 is 16.8 Å². The SMILES string of the molecule is NNc1nc2n[nH]c(-c3ccccc3)c2c(=O)n1-c1ccccc1. The Hall–Kier alpha value is -3.45. The number of hydrogen-bond donors (Lipinski definition) is 3. The Bertz CT molecular complexity index is 1050. The number of nitrogens with zero attached hydrogens (tertiary/aromatic N) is 3. The number of nitrogens with one attached hydrogen (secondary N) is 2. The van der Waals surface area contributed by atoms with E-state index < -0.39 is 0 Å². The number of hydrogen-bond acceptors (Lipinski definition) is 5. The molecule has 0 amide bonds. The zero-order valence-electron chi connectivity index (χ0n) is 12.6. The maximum absolute atomic E-state index is 13.1. The van der Waals surface area contributed by atoms with Crippen molar-refractivity contribution in [2.45, 2.75) is 0 Å². The fourth-order valence-electron chi connectivity index (χ4n) is 2.70. The topological polar surface area (TPSA) is 102 Å². The summed E-state index contributed by atoms with van der Waals surface area (Å²) in [5, 5.41) is 7.48. The van der Waals surface area contributed by atoms with Gasteiger partial charge in [-0.25, -0.2) is 10.4 Å². The molecule has 24 heavy (non-hydrogen) atoms. The van der Waals surface area contributed by atoms with Crippen molar-refractivity contribution < 1.29 is 0 Å². The summed E-state index contributed by atoms with van der Waals surface area (Å²) in [6, 6.07) is 18.8. The van der Waals surface area contributed by atoms with Crippen LogP contribution in [0.4, 0.5) is 5.95 Å². The summed E-state index contributed by atoms with van der Waals surface area (Å²) in [4.78, 5) is 17.5. The molecule has 0 saturated heterocycles. The van der Waals surface area contributed by atoms with Crippen LogP contribution in [0.1, 0.15) is 0 Å². The smallest absolute Gasteiger partial charge is 0.271 e. The Morgan fingerprint density at radius 2 is 1.67 bits per heavy atom. The molecule has 0 aliphatic rings. The minimum atomic E-state index is -0.244. The molecule has 2 aromatic carbocycles. The molecule has 2 aromatic heterocycles. The number of para-hydroxylation sites is 1. The summed E-state index contributed by atoms with van der Waals surface area (Å²) in [6.45, 7) is 0. The first-order valence-corrected chi connectivity index (χ1v) is 7.38. The number of rotatable bonds is 3. The van der Waals surface area contributed by atoms with E-state index in [-0.39, 0.29) is 11.5 Å². The van der Waals surface area contributed by atoms with Crippen molar-refractivity contribution in [1.82, 2.24) is 19.7 Å². The molecule has 0 saturated carbocycles. The minimum absolute atomic E-state index is 0.227. The number of aromatic amines is 1. The lowest BCUT2D eigenvalue weighted by atomic mass is 10.1. The minimum Gasteiger partial charge on any atom is -0.293 e. The van der Waals surface area contributed by atoms with Crippen molar-refractivity contribution in [3.05, 3.63) is 71.0 Å². The van der Waals surface area contributed by atoms with E-state index in [1.54, 1.807) is 0 Å². The summed E-state index contributed by atoms with van der Waals surface area (Å²) in [6.07, 6.45) is 0. The third-order valence-electron chi connectivity index (χ3n) is 3.79. The Morgan fingerprint density at radius 1 is 1.00 bits per heavy atom. The Kier molecular flexibility index (Phi) is 3.33. The molecule has 0 aliphatic heterocycles. The normalized spacial score (nSPS) is 10.9. The van der Waals surface area contributed by atoms with Gasteiger partial charge in [0.2, 0.25) is 5.95 Å². The van der Waals surface area contributed by atoms with Crippen LogP contribution in [-0.4, -0.2) is 19.7 Å². The molecule has 7 heteroatoms. The average molecular weight is 318 g/mol. The van der Waals surface area contributed by atoms with Crippen molar-refractivity contribution in [2.75, 3.05) is 5.43 Å². The van der Waals surface area contributed by atoms with Crippen molar-refractivity contribution in [3.63, 3.8) is 0 Å². The number of hydrazine groups is 1. The van der Waals surface area contributed by atoms with Crippen LogP contribution in [0, 0.1) is 0 Å². The van der Waals surface area contributed by atoms with Gasteiger partial charge in [0, 0.05) is 5.56 Å². The summed E-state index contributed by atoms with van der Waals surface area (Å²) in [5.41, 5.74) is 4.72. The van der Waals surface area contributed by atoms with Gasteiger partial charge in [0.15, 0.2) is 5.65 Å². The van der Waals surface area contributed by atoms with E-state index in [9.17, 15) is 4.79 Å². The highest BCUT2D eigenvalue weighted by Crippen LogP contribution is 2.24. The third kappa shape index (κ3) is 2.15. The predicted octanol–water partition coefficient (Wildman–Crippen LogP) is 2.06. The molecule has 0 spiro atoms. The Morgan fingerprint density at radius 3 is 2.33 bits per heavy atom. The molecule has 4 rings (SSSR count).